The van der Waals surface area contributed by atoms with Crippen LogP contribution in [0.25, 0.3) is 0 Å². The Kier molecular flexibility index (Phi) is 7.03. The minimum Gasteiger partial charge on any atom is -0.342 e. The lowest BCUT2D eigenvalue weighted by Crippen LogP contribution is -2.45. The van der Waals surface area contributed by atoms with Gasteiger partial charge in [-0.1, -0.05) is 37.3 Å². The van der Waals surface area contributed by atoms with Crippen LogP contribution in [-0.4, -0.2) is 37.0 Å². The van der Waals surface area contributed by atoms with E-state index in [1.54, 1.807) is 0 Å². The summed E-state index contributed by atoms with van der Waals surface area (Å²) in [5.41, 5.74) is 1.14. The molecule has 1 N–H and O–H groups in total. The van der Waals surface area contributed by atoms with Gasteiger partial charge in [0.05, 0.1) is 5.92 Å². The van der Waals surface area contributed by atoms with E-state index < -0.39 is 0 Å². The number of carbonyl (C=O) groups is 1. The third-order valence-corrected chi connectivity index (χ3v) is 4.12. The van der Waals surface area contributed by atoms with Crippen LogP contribution in [0.15, 0.2) is 30.3 Å². The molecule has 20 heavy (non-hydrogen) atoms. The molecular formula is C16H25ClN2O. The van der Waals surface area contributed by atoms with Gasteiger partial charge in [-0.25, -0.2) is 0 Å². The molecule has 0 aromatic heterocycles. The van der Waals surface area contributed by atoms with Crippen molar-refractivity contribution in [3.63, 3.8) is 0 Å². The van der Waals surface area contributed by atoms with Gasteiger partial charge in [0.15, 0.2) is 0 Å². The quantitative estimate of drug-likeness (QED) is 0.927. The summed E-state index contributed by atoms with van der Waals surface area (Å²) in [5, 5.41) is 3.30. The summed E-state index contributed by atoms with van der Waals surface area (Å²) < 4.78 is 0. The van der Waals surface area contributed by atoms with E-state index in [2.05, 4.69) is 24.4 Å². The number of nitrogens with zero attached hydrogens (tertiary/aromatic N) is 1. The molecule has 1 amide bonds. The van der Waals surface area contributed by atoms with Crippen LogP contribution in [-0.2, 0) is 4.79 Å². The van der Waals surface area contributed by atoms with Gasteiger partial charge in [-0.05, 0) is 31.9 Å². The van der Waals surface area contributed by atoms with Crippen LogP contribution in [0.4, 0.5) is 0 Å². The predicted octanol–water partition coefficient (Wildman–Crippen LogP) is 2.81. The minimum absolute atomic E-state index is 0. The van der Waals surface area contributed by atoms with E-state index in [4.69, 9.17) is 0 Å². The number of halogens is 1. The van der Waals surface area contributed by atoms with E-state index in [-0.39, 0.29) is 18.3 Å². The third-order valence-electron chi connectivity index (χ3n) is 4.12. The molecule has 2 rings (SSSR count). The van der Waals surface area contributed by atoms with Crippen LogP contribution in [0.3, 0.4) is 0 Å². The zero-order valence-corrected chi connectivity index (χ0v) is 13.2. The molecule has 0 saturated carbocycles. The lowest BCUT2D eigenvalue weighted by Gasteiger charge is -2.34. The normalized spacial score (nSPS) is 17.4. The van der Waals surface area contributed by atoms with Crippen LogP contribution < -0.4 is 5.32 Å². The molecule has 1 atom stereocenters. The van der Waals surface area contributed by atoms with Crippen LogP contribution in [0.2, 0.25) is 0 Å². The van der Waals surface area contributed by atoms with Crippen LogP contribution in [0.1, 0.15) is 37.7 Å². The third kappa shape index (κ3) is 3.97. The summed E-state index contributed by atoms with van der Waals surface area (Å²) in [5.74, 6) is 0.315. The van der Waals surface area contributed by atoms with E-state index in [1.807, 2.05) is 30.1 Å². The number of amides is 1. The Morgan fingerprint density at radius 1 is 1.30 bits per heavy atom. The van der Waals surface area contributed by atoms with Gasteiger partial charge < -0.3 is 10.2 Å². The van der Waals surface area contributed by atoms with Crippen molar-refractivity contribution in [1.82, 2.24) is 10.2 Å². The highest BCUT2D eigenvalue weighted by Crippen LogP contribution is 2.23. The maximum Gasteiger partial charge on any atom is 0.230 e. The maximum absolute atomic E-state index is 12.6. The topological polar surface area (TPSA) is 32.3 Å². The van der Waals surface area contributed by atoms with Crippen molar-refractivity contribution in [2.45, 2.75) is 38.1 Å². The number of piperidine rings is 1. The lowest BCUT2D eigenvalue weighted by molar-refractivity contribution is -0.134. The predicted molar refractivity (Wildman–Crippen MR) is 85.4 cm³/mol. The molecule has 1 heterocycles. The summed E-state index contributed by atoms with van der Waals surface area (Å²) in [4.78, 5) is 14.7. The molecule has 1 aliphatic rings. The van der Waals surface area contributed by atoms with Crippen LogP contribution in [0.5, 0.6) is 0 Å². The second-order valence-electron chi connectivity index (χ2n) is 5.26. The highest BCUT2D eigenvalue weighted by Gasteiger charge is 2.27. The molecule has 0 spiro atoms. The molecule has 1 aromatic carbocycles. The fourth-order valence-electron chi connectivity index (χ4n) is 2.85. The van der Waals surface area contributed by atoms with Gasteiger partial charge in [-0.2, -0.15) is 0 Å². The van der Waals surface area contributed by atoms with E-state index in [0.29, 0.717) is 11.9 Å². The monoisotopic (exact) mass is 296 g/mol. The number of carbonyl (C=O) groups excluding carboxylic acids is 1. The Bertz CT molecular complexity index is 402. The molecule has 0 bridgehead atoms. The van der Waals surface area contributed by atoms with Crippen LogP contribution in [0, 0.1) is 0 Å². The highest BCUT2D eigenvalue weighted by atomic mass is 35.5. The second-order valence-corrected chi connectivity index (χ2v) is 5.26. The Morgan fingerprint density at radius 2 is 1.90 bits per heavy atom. The SMILES string of the molecule is CCC(C(=O)N1CCC(NC)CC1)c1ccccc1.Cl. The van der Waals surface area contributed by atoms with Crippen molar-refractivity contribution in [3.8, 4) is 0 Å². The highest BCUT2D eigenvalue weighted by molar-refractivity contribution is 5.85. The second kappa shape index (κ2) is 8.28. The summed E-state index contributed by atoms with van der Waals surface area (Å²) in [6, 6.07) is 10.7. The largest absolute Gasteiger partial charge is 0.342 e. The average Bonchev–Trinajstić information content (AvgIpc) is 2.49. The minimum atomic E-state index is 0. The molecule has 1 unspecified atom stereocenters. The summed E-state index contributed by atoms with van der Waals surface area (Å²) in [6.07, 6.45) is 3.00. The van der Waals surface area contributed by atoms with Gasteiger partial charge in [-0.15, -0.1) is 12.4 Å². The Morgan fingerprint density at radius 3 is 2.40 bits per heavy atom. The molecule has 3 nitrogen and oxygen atoms in total. The van der Waals surface area contributed by atoms with Crippen molar-refractivity contribution in [1.29, 1.82) is 0 Å². The molecule has 1 saturated heterocycles. The van der Waals surface area contributed by atoms with Crippen molar-refractivity contribution in [2.24, 2.45) is 0 Å². The summed E-state index contributed by atoms with van der Waals surface area (Å²) >= 11 is 0. The lowest BCUT2D eigenvalue weighted by atomic mass is 9.93. The first kappa shape index (κ1) is 17.0. The van der Waals surface area contributed by atoms with Gasteiger partial charge in [0.25, 0.3) is 0 Å². The van der Waals surface area contributed by atoms with E-state index >= 15 is 0 Å². The van der Waals surface area contributed by atoms with Crippen molar-refractivity contribution in [3.05, 3.63) is 35.9 Å². The van der Waals surface area contributed by atoms with E-state index in [9.17, 15) is 4.79 Å². The summed E-state index contributed by atoms with van der Waals surface area (Å²) in [7, 11) is 2.00. The molecule has 4 heteroatoms. The van der Waals surface area contributed by atoms with Crippen molar-refractivity contribution in [2.75, 3.05) is 20.1 Å². The molecule has 1 aliphatic heterocycles. The Balaban J connectivity index is 0.00000200. The maximum atomic E-state index is 12.6. The molecule has 0 radical (unpaired) electrons. The van der Waals surface area contributed by atoms with Crippen LogP contribution >= 0.6 is 12.4 Å². The molecule has 1 aromatic rings. The zero-order valence-electron chi connectivity index (χ0n) is 12.3. The molecule has 1 fully saturated rings. The number of benzene rings is 1. The van der Waals surface area contributed by atoms with E-state index in [0.717, 1.165) is 37.9 Å². The average molecular weight is 297 g/mol. The Hall–Kier alpha value is -1.06. The molecule has 112 valence electrons. The first-order valence-corrected chi connectivity index (χ1v) is 7.27. The van der Waals surface area contributed by atoms with Crippen molar-refractivity contribution >= 4 is 18.3 Å². The zero-order chi connectivity index (χ0) is 13.7. The molecular weight excluding hydrogens is 272 g/mol. The van der Waals surface area contributed by atoms with Crippen molar-refractivity contribution < 1.29 is 4.79 Å². The standard InChI is InChI=1S/C16H24N2O.ClH/c1-3-15(13-7-5-4-6-8-13)16(19)18-11-9-14(17-2)10-12-18;/h4-8,14-15,17H,3,9-12H2,1-2H3;1H. The summed E-state index contributed by atoms with van der Waals surface area (Å²) in [6.45, 7) is 3.86. The smallest absolute Gasteiger partial charge is 0.230 e. The fourth-order valence-corrected chi connectivity index (χ4v) is 2.85. The Labute approximate surface area is 128 Å². The molecule has 0 aliphatic carbocycles. The van der Waals surface area contributed by atoms with Gasteiger partial charge in [0, 0.05) is 19.1 Å². The number of nitrogens with one attached hydrogen (secondary N) is 1. The van der Waals surface area contributed by atoms with Gasteiger partial charge in [0.1, 0.15) is 0 Å². The number of hydrogen-bond acceptors (Lipinski definition) is 2. The van der Waals surface area contributed by atoms with Gasteiger partial charge in [-0.3, -0.25) is 4.79 Å². The fraction of sp³-hybridized carbons (Fsp3) is 0.562. The van der Waals surface area contributed by atoms with E-state index in [1.165, 1.54) is 0 Å². The number of hydrogen-bond donors (Lipinski definition) is 1. The number of likely N-dealkylation sites (tertiary alicyclic amines) is 1. The number of rotatable bonds is 4. The first-order chi connectivity index (χ1) is 9.26. The van der Waals surface area contributed by atoms with Gasteiger partial charge in [0.2, 0.25) is 5.91 Å². The van der Waals surface area contributed by atoms with Gasteiger partial charge >= 0.3 is 0 Å². The first-order valence-electron chi connectivity index (χ1n) is 7.27.